The Labute approximate surface area is 233 Å². The summed E-state index contributed by atoms with van der Waals surface area (Å²) in [5, 5.41) is 3.01. The lowest BCUT2D eigenvalue weighted by molar-refractivity contribution is 0.0284. The fourth-order valence-corrected chi connectivity index (χ4v) is 5.21. The number of pyridine rings is 1. The second kappa shape index (κ2) is 11.8. The van der Waals surface area contributed by atoms with Crippen molar-refractivity contribution < 1.29 is 17.9 Å². The molecule has 3 atom stereocenters. The predicted octanol–water partition coefficient (Wildman–Crippen LogP) is 6.25. The zero-order valence-corrected chi connectivity index (χ0v) is 24.6. The van der Waals surface area contributed by atoms with E-state index in [0.717, 1.165) is 0 Å². The van der Waals surface area contributed by atoms with Gasteiger partial charge in [0, 0.05) is 30.6 Å². The number of hydrogen-bond donors (Lipinski definition) is 1. The van der Waals surface area contributed by atoms with Crippen molar-refractivity contribution in [3.63, 3.8) is 0 Å². The predicted molar refractivity (Wildman–Crippen MR) is 152 cm³/mol. The zero-order chi connectivity index (χ0) is 28.4. The largest absolute Gasteiger partial charge is 0.414 e. The second-order valence-electron chi connectivity index (χ2n) is 11.3. The van der Waals surface area contributed by atoms with E-state index >= 15 is 0 Å². The minimum absolute atomic E-state index is 0.0125. The van der Waals surface area contributed by atoms with E-state index in [0.29, 0.717) is 29.8 Å². The van der Waals surface area contributed by atoms with E-state index in [1.54, 1.807) is 30.6 Å². The monoisotopic (exact) mass is 576 g/mol. The summed E-state index contributed by atoms with van der Waals surface area (Å²) in [7, 11) is -2.16. The molecular weight excluding hydrogens is 542 g/mol. The fraction of sp³-hybridized carbons (Fsp3) is 0.464. The van der Waals surface area contributed by atoms with E-state index in [9.17, 15) is 13.6 Å². The first-order valence-electron chi connectivity index (χ1n) is 13.0. The van der Waals surface area contributed by atoms with Crippen LogP contribution < -0.4 is 10.9 Å². The van der Waals surface area contributed by atoms with Crippen LogP contribution in [-0.2, 0) is 9.16 Å². The van der Waals surface area contributed by atoms with Crippen molar-refractivity contribution in [3.05, 3.63) is 75.5 Å². The minimum Gasteiger partial charge on any atom is -0.414 e. The van der Waals surface area contributed by atoms with Crippen LogP contribution in [0, 0.1) is 5.82 Å². The number of anilines is 1. The van der Waals surface area contributed by atoms with E-state index in [1.807, 2.05) is 0 Å². The molecule has 210 valence electrons. The molecule has 7 nitrogen and oxygen atoms in total. The SMILES string of the molecule is CC(C)(C)[Si](C)(C)OCC(c1ccc(Cl)c(F)c1)n1ccc(-c2ccnc(N[C@H]3CCOC[C@H]3F)n2)cc1=O. The lowest BCUT2D eigenvalue weighted by Gasteiger charge is -2.37. The molecule has 1 N–H and O–H groups in total. The lowest BCUT2D eigenvalue weighted by atomic mass is 10.1. The van der Waals surface area contributed by atoms with Crippen LogP contribution in [0.4, 0.5) is 14.7 Å². The van der Waals surface area contributed by atoms with Crippen LogP contribution in [0.15, 0.2) is 53.6 Å². The molecule has 1 saturated heterocycles. The highest BCUT2D eigenvalue weighted by molar-refractivity contribution is 6.74. The topological polar surface area (TPSA) is 78.3 Å². The van der Waals surface area contributed by atoms with Crippen molar-refractivity contribution in [2.24, 2.45) is 0 Å². The number of hydrogen-bond acceptors (Lipinski definition) is 6. The van der Waals surface area contributed by atoms with E-state index < -0.39 is 32.4 Å². The molecule has 0 bridgehead atoms. The van der Waals surface area contributed by atoms with Crippen LogP contribution in [0.5, 0.6) is 0 Å². The third-order valence-corrected chi connectivity index (χ3v) is 12.4. The third kappa shape index (κ3) is 6.92. The quantitative estimate of drug-likeness (QED) is 0.319. The normalized spacial score (nSPS) is 19.1. The first-order valence-corrected chi connectivity index (χ1v) is 16.3. The summed E-state index contributed by atoms with van der Waals surface area (Å²) >= 11 is 5.93. The molecule has 1 aliphatic rings. The van der Waals surface area contributed by atoms with Crippen molar-refractivity contribution in [2.75, 3.05) is 25.1 Å². The summed E-state index contributed by atoms with van der Waals surface area (Å²) in [6, 6.07) is 8.47. The van der Waals surface area contributed by atoms with Crippen LogP contribution in [0.25, 0.3) is 11.3 Å². The van der Waals surface area contributed by atoms with Crippen LogP contribution in [0.1, 0.15) is 38.8 Å². The average Bonchev–Trinajstić information content (AvgIpc) is 2.88. The van der Waals surface area contributed by atoms with Gasteiger partial charge in [0.05, 0.1) is 36.0 Å². The first kappa shape index (κ1) is 29.3. The smallest absolute Gasteiger partial charge is 0.251 e. The number of nitrogens with zero attached hydrogens (tertiary/aromatic N) is 3. The van der Waals surface area contributed by atoms with Crippen molar-refractivity contribution >= 4 is 25.9 Å². The van der Waals surface area contributed by atoms with Gasteiger partial charge in [-0.05, 0) is 54.4 Å². The summed E-state index contributed by atoms with van der Waals surface area (Å²) in [6.45, 7) is 11.4. The average molecular weight is 577 g/mol. The molecule has 0 aliphatic carbocycles. The highest BCUT2D eigenvalue weighted by atomic mass is 35.5. The number of aromatic nitrogens is 3. The maximum Gasteiger partial charge on any atom is 0.251 e. The maximum absolute atomic E-state index is 14.4. The number of nitrogens with one attached hydrogen (secondary N) is 1. The first-order chi connectivity index (χ1) is 18.4. The molecule has 0 spiro atoms. The van der Waals surface area contributed by atoms with Gasteiger partial charge in [-0.25, -0.2) is 18.7 Å². The van der Waals surface area contributed by atoms with Crippen LogP contribution >= 0.6 is 11.6 Å². The van der Waals surface area contributed by atoms with Gasteiger partial charge >= 0.3 is 0 Å². The van der Waals surface area contributed by atoms with E-state index in [-0.39, 0.29) is 34.8 Å². The number of ether oxygens (including phenoxy) is 1. The standard InChI is InChI=1S/C28H35ClF2N4O3Si/c1-28(2,3)39(4,5)38-17-25(19-6-7-20(29)21(30)14-19)35-12-9-18(15-26(35)36)23-8-11-32-27(33-23)34-24-10-13-37-16-22(24)31/h6-9,11-12,14-15,22,24-25H,10,13,16-17H2,1-5H3,(H,32,33,34)/t22-,24+,25?/m1/s1. The number of alkyl halides is 1. The Balaban J connectivity index is 1.63. The molecule has 0 saturated carbocycles. The second-order valence-corrected chi connectivity index (χ2v) is 16.5. The van der Waals surface area contributed by atoms with Gasteiger partial charge in [0.15, 0.2) is 8.32 Å². The summed E-state index contributed by atoms with van der Waals surface area (Å²) in [4.78, 5) is 22.1. The van der Waals surface area contributed by atoms with Crippen LogP contribution in [-0.4, -0.2) is 54.9 Å². The minimum atomic E-state index is -2.16. The third-order valence-electron chi connectivity index (χ3n) is 7.57. The summed E-state index contributed by atoms with van der Waals surface area (Å²) in [6.07, 6.45) is 2.58. The molecule has 11 heteroatoms. The Morgan fingerprint density at radius 1 is 1.26 bits per heavy atom. The van der Waals surface area contributed by atoms with Crippen LogP contribution in [0.2, 0.25) is 23.2 Å². The van der Waals surface area contributed by atoms with Crippen molar-refractivity contribution in [3.8, 4) is 11.3 Å². The van der Waals surface area contributed by atoms with Crippen molar-refractivity contribution in [1.29, 1.82) is 0 Å². The summed E-state index contributed by atoms with van der Waals surface area (Å²) < 4.78 is 41.8. The molecule has 3 heterocycles. The fourth-order valence-electron chi connectivity index (χ4n) is 4.09. The Hall–Kier alpha value is -2.66. The maximum atomic E-state index is 14.4. The van der Waals surface area contributed by atoms with Gasteiger partial charge < -0.3 is 19.0 Å². The van der Waals surface area contributed by atoms with Gasteiger partial charge in [-0.3, -0.25) is 4.79 Å². The molecule has 1 aliphatic heterocycles. The number of benzene rings is 1. The molecular formula is C28H35ClF2N4O3Si. The van der Waals surface area contributed by atoms with E-state index in [4.69, 9.17) is 20.8 Å². The van der Waals surface area contributed by atoms with Gasteiger partial charge in [0.1, 0.15) is 12.0 Å². The molecule has 3 aromatic rings. The molecule has 1 unspecified atom stereocenters. The van der Waals surface area contributed by atoms with E-state index in [2.05, 4.69) is 49.1 Å². The molecule has 4 rings (SSSR count). The van der Waals surface area contributed by atoms with Gasteiger partial charge in [-0.2, -0.15) is 0 Å². The van der Waals surface area contributed by atoms with E-state index in [1.165, 1.54) is 22.8 Å². The summed E-state index contributed by atoms with van der Waals surface area (Å²) in [5.74, 6) is -0.277. The van der Waals surface area contributed by atoms with Crippen molar-refractivity contribution in [2.45, 2.75) is 63.6 Å². The Morgan fingerprint density at radius 2 is 2.03 bits per heavy atom. The Morgan fingerprint density at radius 3 is 2.69 bits per heavy atom. The van der Waals surface area contributed by atoms with Crippen LogP contribution in [0.3, 0.4) is 0 Å². The van der Waals surface area contributed by atoms with Gasteiger partial charge in [0.2, 0.25) is 5.95 Å². The highest BCUT2D eigenvalue weighted by Crippen LogP contribution is 2.37. The lowest BCUT2D eigenvalue weighted by Crippen LogP contribution is -2.43. The Kier molecular flexibility index (Phi) is 8.90. The highest BCUT2D eigenvalue weighted by Gasteiger charge is 2.38. The summed E-state index contributed by atoms with van der Waals surface area (Å²) in [5.41, 5.74) is 1.38. The van der Waals surface area contributed by atoms with Crippen molar-refractivity contribution in [1.82, 2.24) is 14.5 Å². The van der Waals surface area contributed by atoms with Gasteiger partial charge in [-0.15, -0.1) is 0 Å². The molecule has 0 amide bonds. The molecule has 0 radical (unpaired) electrons. The number of rotatable bonds is 8. The molecule has 1 fully saturated rings. The van der Waals surface area contributed by atoms with Gasteiger partial charge in [-0.1, -0.05) is 38.4 Å². The molecule has 1 aromatic carbocycles. The zero-order valence-electron chi connectivity index (χ0n) is 22.9. The van der Waals surface area contributed by atoms with Gasteiger partial charge in [0.25, 0.3) is 5.56 Å². The Bertz CT molecular complexity index is 1370. The molecule has 39 heavy (non-hydrogen) atoms. The molecule has 2 aromatic heterocycles. The number of halogens is 3.